The van der Waals surface area contributed by atoms with Gasteiger partial charge in [-0.1, -0.05) is 87.7 Å². The zero-order chi connectivity index (χ0) is 17.1. The number of unbranched alkanes of at least 4 members (excludes halogenated alkanes) is 9. The monoisotopic (exact) mass is 389 g/mol. The molecule has 2 aliphatic rings. The van der Waals surface area contributed by atoms with Crippen LogP contribution in [0.4, 0.5) is 0 Å². The molecule has 2 heterocycles. The normalized spacial score (nSPS) is 19.0. The molecular formula is C19H35NOS3. The summed E-state index contributed by atoms with van der Waals surface area (Å²) in [5.41, 5.74) is 0.450. The van der Waals surface area contributed by atoms with Crippen LogP contribution in [0.1, 0.15) is 77.6 Å². The van der Waals surface area contributed by atoms with Crippen LogP contribution in [0, 0.1) is 5.41 Å². The Morgan fingerprint density at radius 3 is 2.17 bits per heavy atom. The second-order valence-corrected chi connectivity index (χ2v) is 10.6. The molecule has 2 saturated heterocycles. The van der Waals surface area contributed by atoms with Crippen LogP contribution >= 0.6 is 33.8 Å². The fraction of sp³-hybridized carbons (Fsp3) is 0.947. The molecule has 2 nitrogen and oxygen atoms in total. The lowest BCUT2D eigenvalue weighted by Crippen LogP contribution is -2.44. The van der Waals surface area contributed by atoms with Gasteiger partial charge in [-0.25, -0.2) is 0 Å². The van der Waals surface area contributed by atoms with E-state index in [-0.39, 0.29) is 0 Å². The summed E-state index contributed by atoms with van der Waals surface area (Å²) in [6, 6.07) is 0. The molecule has 0 saturated carbocycles. The van der Waals surface area contributed by atoms with Crippen molar-refractivity contribution < 1.29 is 4.74 Å². The molecule has 2 rings (SSSR count). The Hall–Kier alpha value is 0.550. The van der Waals surface area contributed by atoms with Gasteiger partial charge in [-0.3, -0.25) is 0 Å². The number of nitrogens with zero attached hydrogens (tertiary/aromatic N) is 1. The molecule has 1 spiro atoms. The van der Waals surface area contributed by atoms with Gasteiger partial charge in [0.05, 0.1) is 13.2 Å². The van der Waals surface area contributed by atoms with E-state index in [2.05, 4.69) is 11.8 Å². The topological polar surface area (TPSA) is 12.5 Å². The summed E-state index contributed by atoms with van der Waals surface area (Å²) < 4.78 is 6.48. The van der Waals surface area contributed by atoms with Crippen LogP contribution in [0.5, 0.6) is 0 Å². The first-order chi connectivity index (χ1) is 11.8. The van der Waals surface area contributed by atoms with E-state index in [1.165, 1.54) is 76.4 Å². The Kier molecular flexibility index (Phi) is 10.5. The first-order valence-electron chi connectivity index (χ1n) is 9.92. The number of rotatable bonds is 12. The second-order valence-electron chi connectivity index (χ2n) is 7.52. The molecule has 0 radical (unpaired) electrons. The van der Waals surface area contributed by atoms with E-state index in [0.29, 0.717) is 5.41 Å². The summed E-state index contributed by atoms with van der Waals surface area (Å²) in [5, 5.41) is 0. The zero-order valence-corrected chi connectivity index (χ0v) is 17.8. The molecule has 0 atom stereocenters. The van der Waals surface area contributed by atoms with Gasteiger partial charge in [-0.15, -0.1) is 0 Å². The Balaban J connectivity index is 1.35. The van der Waals surface area contributed by atoms with E-state index in [0.717, 1.165) is 30.6 Å². The molecule has 0 amide bonds. The minimum Gasteiger partial charge on any atom is -0.380 e. The third-order valence-corrected chi connectivity index (χ3v) is 8.35. The Bertz CT molecular complexity index is 361. The van der Waals surface area contributed by atoms with Crippen LogP contribution in [-0.4, -0.2) is 41.3 Å². The van der Waals surface area contributed by atoms with Gasteiger partial charge in [0.25, 0.3) is 0 Å². The van der Waals surface area contributed by atoms with Crippen molar-refractivity contribution >= 4 is 38.1 Å². The Labute approximate surface area is 162 Å². The minimum absolute atomic E-state index is 0.450. The van der Waals surface area contributed by atoms with Crippen molar-refractivity contribution in [3.8, 4) is 0 Å². The molecule has 0 unspecified atom stereocenters. The predicted molar refractivity (Wildman–Crippen MR) is 114 cm³/mol. The van der Waals surface area contributed by atoms with Crippen molar-refractivity contribution in [1.82, 2.24) is 4.90 Å². The van der Waals surface area contributed by atoms with Gasteiger partial charge in [-0.2, -0.15) is 0 Å². The molecule has 0 aromatic carbocycles. The Morgan fingerprint density at radius 2 is 1.62 bits per heavy atom. The second kappa shape index (κ2) is 12.0. The predicted octanol–water partition coefficient (Wildman–Crippen LogP) is 6.30. The Morgan fingerprint density at radius 1 is 1.00 bits per heavy atom. The zero-order valence-electron chi connectivity index (χ0n) is 15.4. The van der Waals surface area contributed by atoms with Crippen LogP contribution in [-0.2, 0) is 4.74 Å². The van der Waals surface area contributed by atoms with Gasteiger partial charge in [0.2, 0.25) is 0 Å². The maximum Gasteiger partial charge on any atom is 0.147 e. The average Bonchev–Trinajstić information content (AvgIpc) is 3.02. The van der Waals surface area contributed by atoms with Gasteiger partial charge in [-0.05, 0) is 23.6 Å². The quantitative estimate of drug-likeness (QED) is 0.220. The molecule has 0 aliphatic carbocycles. The standard InChI is InChI=1S/C19H35NOS3/c1-2-3-4-5-6-7-8-9-10-11-14-23-24-18(22)20-13-12-19(15-20)16-21-17-19/h2-17H2,1H3. The van der Waals surface area contributed by atoms with Crippen molar-refractivity contribution in [3.63, 3.8) is 0 Å². The first kappa shape index (κ1) is 20.9. The highest BCUT2D eigenvalue weighted by Gasteiger charge is 2.44. The minimum atomic E-state index is 0.450. The van der Waals surface area contributed by atoms with Crippen LogP contribution in [0.2, 0.25) is 0 Å². The van der Waals surface area contributed by atoms with Crippen molar-refractivity contribution in [2.45, 2.75) is 77.6 Å². The maximum atomic E-state index is 5.59. The van der Waals surface area contributed by atoms with E-state index in [1.54, 1.807) is 0 Å². The van der Waals surface area contributed by atoms with Crippen molar-refractivity contribution in [2.24, 2.45) is 5.41 Å². The fourth-order valence-corrected chi connectivity index (χ4v) is 6.09. The lowest BCUT2D eigenvalue weighted by molar-refractivity contribution is -0.102. The summed E-state index contributed by atoms with van der Waals surface area (Å²) in [7, 11) is 3.78. The molecular weight excluding hydrogens is 354 g/mol. The number of likely N-dealkylation sites (tertiary alicyclic amines) is 1. The van der Waals surface area contributed by atoms with Crippen LogP contribution in [0.25, 0.3) is 0 Å². The third-order valence-electron chi connectivity index (χ3n) is 5.22. The van der Waals surface area contributed by atoms with E-state index in [4.69, 9.17) is 17.0 Å². The molecule has 0 bridgehead atoms. The molecule has 2 aliphatic heterocycles. The SMILES string of the molecule is CCCCCCCCCCCCSSC(=S)N1CCC2(COC2)C1. The first-order valence-corrected chi connectivity index (χ1v) is 12.6. The van der Waals surface area contributed by atoms with Crippen LogP contribution in [0.3, 0.4) is 0 Å². The molecule has 24 heavy (non-hydrogen) atoms. The van der Waals surface area contributed by atoms with E-state index >= 15 is 0 Å². The molecule has 0 aromatic heterocycles. The maximum absolute atomic E-state index is 5.59. The smallest absolute Gasteiger partial charge is 0.147 e. The molecule has 0 N–H and O–H groups in total. The number of hydrogen-bond donors (Lipinski definition) is 0. The van der Waals surface area contributed by atoms with Crippen LogP contribution < -0.4 is 0 Å². The van der Waals surface area contributed by atoms with E-state index < -0.39 is 0 Å². The summed E-state index contributed by atoms with van der Waals surface area (Å²) in [4.78, 5) is 2.40. The molecule has 0 aromatic rings. The van der Waals surface area contributed by atoms with Gasteiger partial charge < -0.3 is 9.64 Å². The largest absolute Gasteiger partial charge is 0.380 e. The number of thiocarbonyl (C=S) groups is 1. The lowest BCUT2D eigenvalue weighted by Gasteiger charge is -2.37. The molecule has 2 fully saturated rings. The molecule has 5 heteroatoms. The van der Waals surface area contributed by atoms with Crippen molar-refractivity contribution in [3.05, 3.63) is 0 Å². The highest BCUT2D eigenvalue weighted by molar-refractivity contribution is 8.83. The lowest BCUT2D eigenvalue weighted by atomic mass is 9.85. The highest BCUT2D eigenvalue weighted by atomic mass is 33.1. The van der Waals surface area contributed by atoms with Gasteiger partial charge in [0, 0.05) is 24.3 Å². The third kappa shape index (κ3) is 7.43. The summed E-state index contributed by atoms with van der Waals surface area (Å²) in [6.45, 7) is 6.44. The summed E-state index contributed by atoms with van der Waals surface area (Å²) in [6.07, 6.45) is 15.4. The highest BCUT2D eigenvalue weighted by Crippen LogP contribution is 2.39. The fourth-order valence-electron chi connectivity index (χ4n) is 3.51. The van der Waals surface area contributed by atoms with E-state index in [1.807, 2.05) is 21.6 Å². The number of hydrogen-bond acceptors (Lipinski definition) is 4. The van der Waals surface area contributed by atoms with Gasteiger partial charge >= 0.3 is 0 Å². The summed E-state index contributed by atoms with van der Waals surface area (Å²) >= 11 is 5.59. The average molecular weight is 390 g/mol. The van der Waals surface area contributed by atoms with Crippen molar-refractivity contribution in [1.29, 1.82) is 0 Å². The van der Waals surface area contributed by atoms with Gasteiger partial charge in [0.1, 0.15) is 4.32 Å². The van der Waals surface area contributed by atoms with Crippen LogP contribution in [0.15, 0.2) is 0 Å². The van der Waals surface area contributed by atoms with Gasteiger partial charge in [0.15, 0.2) is 0 Å². The van der Waals surface area contributed by atoms with Crippen molar-refractivity contribution in [2.75, 3.05) is 32.1 Å². The summed E-state index contributed by atoms with van der Waals surface area (Å²) in [5.74, 6) is 1.24. The van der Waals surface area contributed by atoms with E-state index in [9.17, 15) is 0 Å². The number of ether oxygens (including phenoxy) is 1. The molecule has 140 valence electrons.